The van der Waals surface area contributed by atoms with E-state index >= 15 is 0 Å². The third kappa shape index (κ3) is 6.72. The highest BCUT2D eigenvalue weighted by Gasteiger charge is 2.29. The molecule has 1 atom stereocenters. The molecule has 8 nitrogen and oxygen atoms in total. The zero-order valence-electron chi connectivity index (χ0n) is 18.4. The van der Waals surface area contributed by atoms with Crippen LogP contribution in [0.25, 0.3) is 11.1 Å². The van der Waals surface area contributed by atoms with Crippen LogP contribution in [0.15, 0.2) is 48.5 Å². The van der Waals surface area contributed by atoms with Gasteiger partial charge in [-0.2, -0.15) is 11.8 Å². The van der Waals surface area contributed by atoms with Crippen LogP contribution in [-0.2, 0) is 19.1 Å². The maximum atomic E-state index is 12.1. The number of aliphatic carboxylic acids is 1. The number of carbonyl (C=O) groups is 3. The van der Waals surface area contributed by atoms with E-state index in [0.29, 0.717) is 12.3 Å². The molecular weight excluding hydrogens is 444 g/mol. The first-order chi connectivity index (χ1) is 16.0. The summed E-state index contributed by atoms with van der Waals surface area (Å²) in [5.74, 6) is -0.871. The number of ether oxygens (including phenoxy) is 2. The Hall–Kier alpha value is -3.04. The molecule has 1 unspecified atom stereocenters. The Morgan fingerprint density at radius 3 is 2.30 bits per heavy atom. The maximum Gasteiger partial charge on any atom is 0.407 e. The van der Waals surface area contributed by atoms with Crippen LogP contribution in [0.1, 0.15) is 23.5 Å². The first-order valence-electron chi connectivity index (χ1n) is 10.7. The minimum absolute atomic E-state index is 0.00140. The van der Waals surface area contributed by atoms with Crippen LogP contribution in [0.3, 0.4) is 0 Å². The van der Waals surface area contributed by atoms with Crippen LogP contribution >= 0.6 is 11.8 Å². The highest BCUT2D eigenvalue weighted by atomic mass is 32.2. The second-order valence-electron chi connectivity index (χ2n) is 7.54. The number of fused-ring (bicyclic) bond motifs is 3. The van der Waals surface area contributed by atoms with Gasteiger partial charge >= 0.3 is 12.1 Å². The van der Waals surface area contributed by atoms with Crippen molar-refractivity contribution in [2.75, 3.05) is 38.4 Å². The van der Waals surface area contributed by atoms with Crippen molar-refractivity contribution < 1.29 is 29.0 Å². The van der Waals surface area contributed by atoms with Crippen LogP contribution in [0.4, 0.5) is 4.79 Å². The number of nitrogens with one attached hydrogen (secondary N) is 2. The van der Waals surface area contributed by atoms with E-state index in [1.165, 1.54) is 30.0 Å². The van der Waals surface area contributed by atoms with Crippen LogP contribution in [0, 0.1) is 0 Å². The van der Waals surface area contributed by atoms with Crippen LogP contribution < -0.4 is 10.6 Å². The summed E-state index contributed by atoms with van der Waals surface area (Å²) in [5, 5.41) is 14.3. The highest BCUT2D eigenvalue weighted by molar-refractivity contribution is 7.99. The van der Waals surface area contributed by atoms with E-state index < -0.39 is 18.1 Å². The molecule has 0 aromatic heterocycles. The summed E-state index contributed by atoms with van der Waals surface area (Å²) in [7, 11) is 1.47. The van der Waals surface area contributed by atoms with Crippen molar-refractivity contribution >= 4 is 29.7 Å². The number of rotatable bonds is 12. The van der Waals surface area contributed by atoms with Crippen molar-refractivity contribution in [1.29, 1.82) is 0 Å². The lowest BCUT2D eigenvalue weighted by atomic mass is 9.98. The molecule has 0 saturated carbocycles. The number of hydrogen-bond donors (Lipinski definition) is 3. The van der Waals surface area contributed by atoms with E-state index in [9.17, 15) is 14.4 Å². The fourth-order valence-electron chi connectivity index (χ4n) is 3.77. The molecule has 0 bridgehead atoms. The van der Waals surface area contributed by atoms with E-state index in [2.05, 4.69) is 34.9 Å². The molecule has 0 heterocycles. The quantitative estimate of drug-likeness (QED) is 0.407. The SMILES string of the molecule is COCCC(NC(=O)CSCCNC(=O)OCC1c2ccccc2-c2ccccc21)C(=O)O. The predicted octanol–water partition coefficient (Wildman–Crippen LogP) is 2.86. The molecule has 2 amide bonds. The molecule has 9 heteroatoms. The maximum absolute atomic E-state index is 12.1. The van der Waals surface area contributed by atoms with Gasteiger partial charge in [-0.1, -0.05) is 48.5 Å². The molecule has 0 spiro atoms. The van der Waals surface area contributed by atoms with Crippen molar-refractivity contribution in [2.24, 2.45) is 0 Å². The topological polar surface area (TPSA) is 114 Å². The lowest BCUT2D eigenvalue weighted by Gasteiger charge is -2.15. The Morgan fingerprint density at radius 1 is 1.06 bits per heavy atom. The van der Waals surface area contributed by atoms with Gasteiger partial charge in [0.05, 0.1) is 5.75 Å². The number of methoxy groups -OCH3 is 1. The monoisotopic (exact) mass is 472 g/mol. The van der Waals surface area contributed by atoms with Gasteiger partial charge in [0.1, 0.15) is 12.6 Å². The molecule has 176 valence electrons. The van der Waals surface area contributed by atoms with Gasteiger partial charge in [-0.15, -0.1) is 0 Å². The van der Waals surface area contributed by atoms with E-state index in [0.717, 1.165) is 11.1 Å². The Balaban J connectivity index is 1.36. The fraction of sp³-hybridized carbons (Fsp3) is 0.375. The summed E-state index contributed by atoms with van der Waals surface area (Å²) in [6.45, 7) is 0.822. The summed E-state index contributed by atoms with van der Waals surface area (Å²) in [4.78, 5) is 35.2. The Morgan fingerprint density at radius 2 is 1.70 bits per heavy atom. The zero-order valence-corrected chi connectivity index (χ0v) is 19.2. The van der Waals surface area contributed by atoms with Crippen molar-refractivity contribution in [2.45, 2.75) is 18.4 Å². The molecular formula is C24H28N2O6S. The lowest BCUT2D eigenvalue weighted by molar-refractivity contribution is -0.142. The third-order valence-corrected chi connectivity index (χ3v) is 6.30. The van der Waals surface area contributed by atoms with Crippen molar-refractivity contribution in [3.8, 4) is 11.1 Å². The minimum atomic E-state index is -1.10. The van der Waals surface area contributed by atoms with Crippen molar-refractivity contribution in [1.82, 2.24) is 10.6 Å². The second kappa shape index (κ2) is 12.3. The molecule has 3 rings (SSSR count). The lowest BCUT2D eigenvalue weighted by Crippen LogP contribution is -2.42. The average molecular weight is 473 g/mol. The number of carboxylic acid groups (broad SMARTS) is 1. The van der Waals surface area contributed by atoms with Crippen molar-refractivity contribution in [3.63, 3.8) is 0 Å². The molecule has 1 aliphatic rings. The summed E-state index contributed by atoms with van der Waals surface area (Å²) < 4.78 is 10.3. The predicted molar refractivity (Wildman–Crippen MR) is 126 cm³/mol. The highest BCUT2D eigenvalue weighted by Crippen LogP contribution is 2.44. The fourth-order valence-corrected chi connectivity index (χ4v) is 4.43. The van der Waals surface area contributed by atoms with Gasteiger partial charge in [-0.3, -0.25) is 4.79 Å². The number of carbonyl (C=O) groups excluding carboxylic acids is 2. The number of amides is 2. The van der Waals surface area contributed by atoms with E-state index in [4.69, 9.17) is 14.6 Å². The Kier molecular flexibility index (Phi) is 9.14. The van der Waals surface area contributed by atoms with E-state index in [1.807, 2.05) is 24.3 Å². The van der Waals surface area contributed by atoms with Gasteiger partial charge < -0.3 is 25.2 Å². The second-order valence-corrected chi connectivity index (χ2v) is 8.65. The van der Waals surface area contributed by atoms with E-state index in [1.54, 1.807) is 0 Å². The molecule has 1 aliphatic carbocycles. The summed E-state index contributed by atoms with van der Waals surface area (Å²) in [5.41, 5.74) is 4.64. The number of thioether (sulfide) groups is 1. The van der Waals surface area contributed by atoms with Gasteiger partial charge in [0.25, 0.3) is 0 Å². The molecule has 0 fully saturated rings. The first-order valence-corrected chi connectivity index (χ1v) is 11.8. The number of hydrogen-bond acceptors (Lipinski definition) is 6. The number of benzene rings is 2. The molecule has 2 aromatic rings. The van der Waals surface area contributed by atoms with Gasteiger partial charge in [-0.05, 0) is 22.3 Å². The standard InChI is InChI=1S/C24H28N2O6S/c1-31-12-10-21(23(28)29)26-22(27)15-33-13-11-25-24(30)32-14-20-18-8-4-2-6-16(18)17-7-3-5-9-19(17)20/h2-9,20-21H,10-15H2,1H3,(H,25,30)(H,26,27)(H,28,29). The molecule has 3 N–H and O–H groups in total. The van der Waals surface area contributed by atoms with Crippen LogP contribution in [0.5, 0.6) is 0 Å². The molecule has 0 saturated heterocycles. The largest absolute Gasteiger partial charge is 0.480 e. The average Bonchev–Trinajstić information content (AvgIpc) is 3.13. The zero-order chi connectivity index (χ0) is 23.6. The molecule has 33 heavy (non-hydrogen) atoms. The van der Waals surface area contributed by atoms with Gasteiger partial charge in [-0.25, -0.2) is 9.59 Å². The third-order valence-electron chi connectivity index (χ3n) is 5.34. The van der Waals surface area contributed by atoms with E-state index in [-0.39, 0.29) is 37.2 Å². The summed E-state index contributed by atoms with van der Waals surface area (Å²) >= 11 is 1.30. The smallest absolute Gasteiger partial charge is 0.407 e. The summed E-state index contributed by atoms with van der Waals surface area (Å²) in [6.07, 6.45) is -0.307. The first kappa shape index (κ1) is 24.6. The van der Waals surface area contributed by atoms with Crippen LogP contribution in [-0.4, -0.2) is 67.5 Å². The molecule has 0 aliphatic heterocycles. The normalized spacial score (nSPS) is 13.0. The minimum Gasteiger partial charge on any atom is -0.480 e. The van der Waals surface area contributed by atoms with Crippen molar-refractivity contribution in [3.05, 3.63) is 59.7 Å². The van der Waals surface area contributed by atoms with Gasteiger partial charge in [0, 0.05) is 38.4 Å². The molecule has 0 radical (unpaired) electrons. The molecule has 2 aromatic carbocycles. The van der Waals surface area contributed by atoms with Gasteiger partial charge in [0.2, 0.25) is 5.91 Å². The van der Waals surface area contributed by atoms with Crippen LogP contribution in [0.2, 0.25) is 0 Å². The summed E-state index contributed by atoms with van der Waals surface area (Å²) in [6, 6.07) is 15.3. The number of alkyl carbamates (subject to hydrolysis) is 1. The Bertz CT molecular complexity index is 937. The van der Waals surface area contributed by atoms with Gasteiger partial charge in [0.15, 0.2) is 0 Å². The Labute approximate surface area is 197 Å². The number of carboxylic acids is 1.